The van der Waals surface area contributed by atoms with E-state index in [1.54, 1.807) is 51.9 Å². The van der Waals surface area contributed by atoms with Crippen LogP contribution >= 0.6 is 0 Å². The molecule has 0 bridgehead atoms. The first kappa shape index (κ1) is 23.7. The highest BCUT2D eigenvalue weighted by atomic mass is 19.4. The van der Waals surface area contributed by atoms with Crippen molar-refractivity contribution in [2.45, 2.75) is 25.2 Å². The molecule has 1 saturated heterocycles. The molecule has 0 spiro atoms. The number of hydrogen-bond donors (Lipinski definition) is 0. The van der Waals surface area contributed by atoms with E-state index in [0.29, 0.717) is 41.9 Å². The maximum atomic E-state index is 13.7. The van der Waals surface area contributed by atoms with E-state index in [2.05, 4.69) is 0 Å². The first-order valence-electron chi connectivity index (χ1n) is 11.6. The summed E-state index contributed by atoms with van der Waals surface area (Å²) in [5.41, 5.74) is 0.319. The third kappa shape index (κ3) is 4.14. The lowest BCUT2D eigenvalue weighted by molar-refractivity contribution is -0.138. The maximum absolute atomic E-state index is 13.7. The second-order valence-corrected chi connectivity index (χ2v) is 8.78. The van der Waals surface area contributed by atoms with Gasteiger partial charge < -0.3 is 9.64 Å². The van der Waals surface area contributed by atoms with Crippen LogP contribution in [0.1, 0.15) is 33.9 Å². The van der Waals surface area contributed by atoms with Crippen LogP contribution in [-0.4, -0.2) is 40.1 Å². The predicted octanol–water partition coefficient (Wildman–Crippen LogP) is 4.97. The van der Waals surface area contributed by atoms with E-state index in [-0.39, 0.29) is 24.1 Å². The largest absolute Gasteiger partial charge is 0.494 e. The van der Waals surface area contributed by atoms with E-state index in [0.717, 1.165) is 6.07 Å². The lowest BCUT2D eigenvalue weighted by Crippen LogP contribution is -2.32. The van der Waals surface area contributed by atoms with Gasteiger partial charge in [0, 0.05) is 18.7 Å². The minimum Gasteiger partial charge on any atom is -0.494 e. The van der Waals surface area contributed by atoms with Crippen LogP contribution in [0.25, 0.3) is 11.0 Å². The molecule has 4 aromatic rings. The van der Waals surface area contributed by atoms with Crippen LogP contribution in [0.3, 0.4) is 0 Å². The average molecular weight is 496 g/mol. The number of halogens is 3. The first-order chi connectivity index (χ1) is 17.3. The molecule has 1 fully saturated rings. The molecule has 1 aliphatic heterocycles. The Bertz CT molecular complexity index is 1470. The Morgan fingerprint density at radius 1 is 1.00 bits per heavy atom. The molecule has 1 amide bonds. The van der Waals surface area contributed by atoms with Gasteiger partial charge in [-0.3, -0.25) is 13.9 Å². The number of aromatic nitrogens is 2. The van der Waals surface area contributed by atoms with E-state index in [4.69, 9.17) is 4.74 Å². The zero-order valence-electron chi connectivity index (χ0n) is 19.5. The molecule has 1 aromatic heterocycles. The minimum atomic E-state index is -4.55. The fourth-order valence-corrected chi connectivity index (χ4v) is 4.97. The van der Waals surface area contributed by atoms with Gasteiger partial charge in [0.05, 0.1) is 30.8 Å². The van der Waals surface area contributed by atoms with E-state index in [1.807, 2.05) is 6.07 Å². The highest BCUT2D eigenvalue weighted by molar-refractivity contribution is 5.94. The van der Waals surface area contributed by atoms with Crippen molar-refractivity contribution >= 4 is 16.9 Å². The third-order valence-corrected chi connectivity index (χ3v) is 6.65. The Hall–Kier alpha value is -4.01. The summed E-state index contributed by atoms with van der Waals surface area (Å²) in [4.78, 5) is 28.4. The standard InChI is InChI=1S/C27H24F3N3O3/c1-36-23-13-7-12-22-24(23)32(16-19-10-5-6-11-21(19)27(28,29)30)26(35)33(22)20-14-15-31(17-20)25(34)18-8-3-2-4-9-18/h2-13,20H,14-17H2,1H3. The molecule has 1 aliphatic rings. The lowest BCUT2D eigenvalue weighted by Gasteiger charge is -2.17. The summed E-state index contributed by atoms with van der Waals surface area (Å²) >= 11 is 0. The highest BCUT2D eigenvalue weighted by Crippen LogP contribution is 2.34. The number of methoxy groups -OCH3 is 1. The molecular weight excluding hydrogens is 471 g/mol. The van der Waals surface area contributed by atoms with Crippen molar-refractivity contribution < 1.29 is 22.7 Å². The van der Waals surface area contributed by atoms with Crippen molar-refractivity contribution in [2.75, 3.05) is 20.2 Å². The average Bonchev–Trinajstić information content (AvgIpc) is 3.46. The van der Waals surface area contributed by atoms with E-state index in [1.165, 1.54) is 29.9 Å². The zero-order valence-corrected chi connectivity index (χ0v) is 19.5. The molecule has 0 N–H and O–H groups in total. The molecule has 9 heteroatoms. The predicted molar refractivity (Wildman–Crippen MR) is 129 cm³/mol. The van der Waals surface area contributed by atoms with Crippen molar-refractivity contribution in [1.29, 1.82) is 0 Å². The lowest BCUT2D eigenvalue weighted by atomic mass is 10.1. The molecule has 1 atom stereocenters. The molecule has 186 valence electrons. The van der Waals surface area contributed by atoms with Gasteiger partial charge in [-0.05, 0) is 42.3 Å². The minimum absolute atomic E-state index is 0.00985. The number of para-hydroxylation sites is 1. The van der Waals surface area contributed by atoms with Gasteiger partial charge in [-0.2, -0.15) is 13.2 Å². The van der Waals surface area contributed by atoms with E-state index < -0.39 is 17.4 Å². The summed E-state index contributed by atoms with van der Waals surface area (Å²) in [7, 11) is 1.46. The molecule has 0 aliphatic carbocycles. The summed E-state index contributed by atoms with van der Waals surface area (Å²) in [5, 5.41) is 0. The SMILES string of the molecule is COc1cccc2c1n(Cc1ccccc1C(F)(F)F)c(=O)n2C1CCN(C(=O)c2ccccc2)C1. The Kier molecular flexibility index (Phi) is 6.07. The second-order valence-electron chi connectivity index (χ2n) is 8.78. The van der Waals surface area contributed by atoms with Crippen molar-refractivity contribution in [3.63, 3.8) is 0 Å². The van der Waals surface area contributed by atoms with Crippen LogP contribution in [0, 0.1) is 0 Å². The van der Waals surface area contributed by atoms with Crippen LogP contribution in [0.4, 0.5) is 13.2 Å². The summed E-state index contributed by atoms with van der Waals surface area (Å²) in [5.74, 6) is 0.273. The van der Waals surface area contributed by atoms with Gasteiger partial charge >= 0.3 is 11.9 Å². The summed E-state index contributed by atoms with van der Waals surface area (Å²) in [6, 6.07) is 19.0. The van der Waals surface area contributed by atoms with Gasteiger partial charge in [0.2, 0.25) is 0 Å². The number of likely N-dealkylation sites (tertiary alicyclic amines) is 1. The third-order valence-electron chi connectivity index (χ3n) is 6.65. The van der Waals surface area contributed by atoms with Crippen molar-refractivity contribution in [1.82, 2.24) is 14.0 Å². The first-order valence-corrected chi connectivity index (χ1v) is 11.6. The molecular formula is C27H24F3N3O3. The highest BCUT2D eigenvalue weighted by Gasteiger charge is 2.35. The molecule has 5 rings (SSSR count). The quantitative estimate of drug-likeness (QED) is 0.393. The summed E-state index contributed by atoms with van der Waals surface area (Å²) in [6.07, 6.45) is -4.00. The van der Waals surface area contributed by atoms with Crippen LogP contribution in [0.5, 0.6) is 5.75 Å². The van der Waals surface area contributed by atoms with E-state index in [9.17, 15) is 22.8 Å². The van der Waals surface area contributed by atoms with Crippen molar-refractivity contribution in [3.05, 3.63) is 100.0 Å². The fourth-order valence-electron chi connectivity index (χ4n) is 4.97. The number of ether oxygens (including phenoxy) is 1. The monoisotopic (exact) mass is 495 g/mol. The van der Waals surface area contributed by atoms with Gasteiger partial charge in [0.15, 0.2) is 0 Å². The second kappa shape index (κ2) is 9.22. The summed E-state index contributed by atoms with van der Waals surface area (Å²) < 4.78 is 49.4. The van der Waals surface area contributed by atoms with Crippen LogP contribution in [0.2, 0.25) is 0 Å². The molecule has 1 unspecified atom stereocenters. The number of imidazole rings is 1. The van der Waals surface area contributed by atoms with Crippen LogP contribution < -0.4 is 10.4 Å². The molecule has 2 heterocycles. The maximum Gasteiger partial charge on any atom is 0.416 e. The Morgan fingerprint density at radius 3 is 2.44 bits per heavy atom. The van der Waals surface area contributed by atoms with Gasteiger partial charge in [-0.15, -0.1) is 0 Å². The van der Waals surface area contributed by atoms with Gasteiger partial charge in [0.25, 0.3) is 5.91 Å². The summed E-state index contributed by atoms with van der Waals surface area (Å²) in [6.45, 7) is 0.527. The number of hydrogen-bond acceptors (Lipinski definition) is 3. The molecule has 3 aromatic carbocycles. The number of carbonyl (C=O) groups excluding carboxylic acids is 1. The zero-order chi connectivity index (χ0) is 25.4. The normalized spacial score (nSPS) is 16.0. The van der Waals surface area contributed by atoms with Crippen molar-refractivity contribution in [3.8, 4) is 5.75 Å². The smallest absolute Gasteiger partial charge is 0.416 e. The fraction of sp³-hybridized carbons (Fsp3) is 0.259. The Balaban J connectivity index is 1.57. The van der Waals surface area contributed by atoms with Gasteiger partial charge in [0.1, 0.15) is 11.3 Å². The number of benzene rings is 3. The number of carbonyl (C=O) groups is 1. The van der Waals surface area contributed by atoms with Crippen LogP contribution in [-0.2, 0) is 12.7 Å². The van der Waals surface area contributed by atoms with Crippen LogP contribution in [0.15, 0.2) is 77.6 Å². The topological polar surface area (TPSA) is 56.5 Å². The molecule has 0 radical (unpaired) electrons. The van der Waals surface area contributed by atoms with Crippen molar-refractivity contribution in [2.24, 2.45) is 0 Å². The number of alkyl halides is 3. The number of rotatable bonds is 5. The Labute approximate surface area is 205 Å². The molecule has 36 heavy (non-hydrogen) atoms. The molecule has 0 saturated carbocycles. The number of amides is 1. The van der Waals surface area contributed by atoms with E-state index >= 15 is 0 Å². The number of fused-ring (bicyclic) bond motifs is 1. The van der Waals surface area contributed by atoms with Gasteiger partial charge in [-0.25, -0.2) is 4.79 Å². The number of nitrogens with zero attached hydrogens (tertiary/aromatic N) is 3. The Morgan fingerprint density at radius 2 is 1.72 bits per heavy atom. The molecule has 6 nitrogen and oxygen atoms in total. The van der Waals surface area contributed by atoms with Gasteiger partial charge in [-0.1, -0.05) is 42.5 Å².